The molecule has 3 nitrogen and oxygen atoms in total. The van der Waals surface area contributed by atoms with Gasteiger partial charge in [-0.1, -0.05) is 29.3 Å². The minimum Gasteiger partial charge on any atom is -0.292 e. The van der Waals surface area contributed by atoms with Crippen LogP contribution in [-0.2, 0) is 4.79 Å². The molecule has 0 unspecified atom stereocenters. The standard InChI is InChI=1S/C9H8Cl2N2O/c1-6(14)9(11)13-12-8-4-2-3-7(10)5-8/h2-5,12H,1H3. The second-order valence-corrected chi connectivity index (χ2v) is 3.38. The van der Waals surface area contributed by atoms with Crippen molar-refractivity contribution in [2.75, 3.05) is 5.43 Å². The second-order valence-electron chi connectivity index (χ2n) is 2.58. The fraction of sp³-hybridized carbons (Fsp3) is 0.111. The van der Waals surface area contributed by atoms with Gasteiger partial charge in [0.05, 0.1) is 5.69 Å². The van der Waals surface area contributed by atoms with Gasteiger partial charge in [0.1, 0.15) is 0 Å². The van der Waals surface area contributed by atoms with E-state index in [-0.39, 0.29) is 11.0 Å². The Morgan fingerprint density at radius 2 is 2.21 bits per heavy atom. The number of hydrazone groups is 1. The van der Waals surface area contributed by atoms with Gasteiger partial charge >= 0.3 is 0 Å². The first kappa shape index (κ1) is 11.0. The molecule has 0 bridgehead atoms. The first-order chi connectivity index (χ1) is 6.59. The summed E-state index contributed by atoms with van der Waals surface area (Å²) in [4.78, 5) is 10.7. The van der Waals surface area contributed by atoms with E-state index in [1.165, 1.54) is 6.92 Å². The number of carbonyl (C=O) groups is 1. The van der Waals surface area contributed by atoms with E-state index in [0.29, 0.717) is 10.7 Å². The number of hydrogen-bond acceptors (Lipinski definition) is 3. The zero-order valence-corrected chi connectivity index (χ0v) is 8.93. The highest BCUT2D eigenvalue weighted by atomic mass is 35.5. The molecule has 0 atom stereocenters. The number of Topliss-reactive ketones (excluding diaryl/α,β-unsaturated/α-hetero) is 1. The SMILES string of the molecule is CC(=O)C(Cl)=NNc1cccc(Cl)c1. The van der Waals surface area contributed by atoms with Crippen LogP contribution in [0.4, 0.5) is 5.69 Å². The van der Waals surface area contributed by atoms with Crippen LogP contribution >= 0.6 is 23.2 Å². The predicted molar refractivity (Wildman–Crippen MR) is 59.0 cm³/mol. The summed E-state index contributed by atoms with van der Waals surface area (Å²) in [6, 6.07) is 6.94. The molecule has 0 saturated heterocycles. The molecule has 14 heavy (non-hydrogen) atoms. The van der Waals surface area contributed by atoms with Gasteiger partial charge in [0.2, 0.25) is 0 Å². The van der Waals surface area contributed by atoms with E-state index >= 15 is 0 Å². The van der Waals surface area contributed by atoms with Crippen LogP contribution in [0.5, 0.6) is 0 Å². The van der Waals surface area contributed by atoms with Gasteiger partial charge in [-0.3, -0.25) is 10.2 Å². The fourth-order valence-corrected chi connectivity index (χ4v) is 0.983. The summed E-state index contributed by atoms with van der Waals surface area (Å²) in [6.07, 6.45) is 0. The predicted octanol–water partition coefficient (Wildman–Crippen LogP) is 2.89. The number of benzene rings is 1. The van der Waals surface area contributed by atoms with Crippen LogP contribution in [-0.4, -0.2) is 11.0 Å². The maximum absolute atomic E-state index is 10.7. The Labute approximate surface area is 91.7 Å². The highest BCUT2D eigenvalue weighted by molar-refractivity contribution is 6.82. The van der Waals surface area contributed by atoms with Gasteiger partial charge in [0.15, 0.2) is 11.0 Å². The molecule has 0 radical (unpaired) electrons. The lowest BCUT2D eigenvalue weighted by molar-refractivity contribution is -0.110. The van der Waals surface area contributed by atoms with Crippen LogP contribution in [0.25, 0.3) is 0 Å². The molecule has 1 aromatic carbocycles. The quantitative estimate of drug-likeness (QED) is 0.641. The van der Waals surface area contributed by atoms with Gasteiger partial charge < -0.3 is 0 Å². The smallest absolute Gasteiger partial charge is 0.191 e. The summed E-state index contributed by atoms with van der Waals surface area (Å²) in [6.45, 7) is 1.34. The number of carbonyl (C=O) groups excluding carboxylic acids is 1. The van der Waals surface area contributed by atoms with Crippen molar-refractivity contribution in [2.45, 2.75) is 6.92 Å². The van der Waals surface area contributed by atoms with Crippen molar-refractivity contribution in [2.24, 2.45) is 5.10 Å². The van der Waals surface area contributed by atoms with E-state index in [4.69, 9.17) is 23.2 Å². The Kier molecular flexibility index (Phi) is 3.92. The summed E-state index contributed by atoms with van der Waals surface area (Å²) in [5.74, 6) is -0.291. The Morgan fingerprint density at radius 1 is 1.50 bits per heavy atom. The van der Waals surface area contributed by atoms with Crippen LogP contribution in [0, 0.1) is 0 Å². The van der Waals surface area contributed by atoms with Crippen molar-refractivity contribution in [1.82, 2.24) is 0 Å². The minimum absolute atomic E-state index is 0.0926. The summed E-state index contributed by atoms with van der Waals surface area (Å²) in [5, 5.41) is 4.15. The average molecular weight is 231 g/mol. The summed E-state index contributed by atoms with van der Waals surface area (Å²) < 4.78 is 0. The normalized spacial score (nSPS) is 11.2. The molecular formula is C9H8Cl2N2O. The number of nitrogens with zero attached hydrogens (tertiary/aromatic N) is 1. The van der Waals surface area contributed by atoms with Crippen LogP contribution in [0.3, 0.4) is 0 Å². The van der Waals surface area contributed by atoms with Crippen molar-refractivity contribution >= 4 is 39.8 Å². The van der Waals surface area contributed by atoms with E-state index in [0.717, 1.165) is 0 Å². The third kappa shape index (κ3) is 3.36. The number of nitrogens with one attached hydrogen (secondary N) is 1. The molecule has 0 fully saturated rings. The van der Waals surface area contributed by atoms with Gasteiger partial charge in [-0.05, 0) is 18.2 Å². The molecule has 1 aromatic rings. The van der Waals surface area contributed by atoms with Gasteiger partial charge in [0.25, 0.3) is 0 Å². The molecular weight excluding hydrogens is 223 g/mol. The number of halogens is 2. The number of ketones is 1. The number of anilines is 1. The lowest BCUT2D eigenvalue weighted by Gasteiger charge is -2.00. The lowest BCUT2D eigenvalue weighted by Crippen LogP contribution is -2.04. The molecule has 1 N–H and O–H groups in total. The molecule has 0 spiro atoms. The van der Waals surface area contributed by atoms with Crippen LogP contribution in [0.2, 0.25) is 5.02 Å². The number of hydrogen-bond donors (Lipinski definition) is 1. The molecule has 0 aliphatic heterocycles. The highest BCUT2D eigenvalue weighted by Gasteiger charge is 2.00. The van der Waals surface area contributed by atoms with E-state index < -0.39 is 0 Å². The van der Waals surface area contributed by atoms with Crippen LogP contribution in [0.1, 0.15) is 6.92 Å². The van der Waals surface area contributed by atoms with Crippen LogP contribution in [0.15, 0.2) is 29.4 Å². The topological polar surface area (TPSA) is 41.5 Å². The molecule has 5 heteroatoms. The van der Waals surface area contributed by atoms with E-state index in [2.05, 4.69) is 10.5 Å². The van der Waals surface area contributed by atoms with Gasteiger partial charge in [0, 0.05) is 11.9 Å². The Morgan fingerprint density at radius 3 is 2.79 bits per heavy atom. The monoisotopic (exact) mass is 230 g/mol. The second kappa shape index (κ2) is 4.98. The fourth-order valence-electron chi connectivity index (χ4n) is 0.750. The van der Waals surface area contributed by atoms with E-state index in [1.807, 2.05) is 0 Å². The summed E-state index contributed by atoms with van der Waals surface area (Å²) in [5.41, 5.74) is 3.30. The zero-order chi connectivity index (χ0) is 10.6. The lowest BCUT2D eigenvalue weighted by atomic mass is 10.3. The molecule has 1 rings (SSSR count). The Bertz CT molecular complexity index is 377. The third-order valence-corrected chi connectivity index (χ3v) is 1.98. The van der Waals surface area contributed by atoms with Crippen LogP contribution < -0.4 is 5.43 Å². The molecule has 74 valence electrons. The molecule has 0 aliphatic rings. The van der Waals surface area contributed by atoms with Gasteiger partial charge in [-0.2, -0.15) is 5.10 Å². The first-order valence-corrected chi connectivity index (χ1v) is 4.61. The number of rotatable bonds is 3. The zero-order valence-electron chi connectivity index (χ0n) is 7.42. The van der Waals surface area contributed by atoms with Crippen molar-refractivity contribution in [1.29, 1.82) is 0 Å². The maximum Gasteiger partial charge on any atom is 0.191 e. The Hall–Kier alpha value is -1.06. The van der Waals surface area contributed by atoms with Crippen molar-refractivity contribution in [3.05, 3.63) is 29.3 Å². The molecule has 0 amide bonds. The molecule has 0 aliphatic carbocycles. The van der Waals surface area contributed by atoms with Crippen molar-refractivity contribution in [3.8, 4) is 0 Å². The highest BCUT2D eigenvalue weighted by Crippen LogP contribution is 2.14. The largest absolute Gasteiger partial charge is 0.292 e. The van der Waals surface area contributed by atoms with Crippen molar-refractivity contribution < 1.29 is 4.79 Å². The van der Waals surface area contributed by atoms with E-state index in [1.54, 1.807) is 24.3 Å². The Balaban J connectivity index is 2.71. The van der Waals surface area contributed by atoms with Crippen molar-refractivity contribution in [3.63, 3.8) is 0 Å². The van der Waals surface area contributed by atoms with E-state index in [9.17, 15) is 4.79 Å². The molecule has 0 aromatic heterocycles. The summed E-state index contributed by atoms with van der Waals surface area (Å²) >= 11 is 11.2. The first-order valence-electron chi connectivity index (χ1n) is 3.85. The third-order valence-electron chi connectivity index (χ3n) is 1.40. The minimum atomic E-state index is -0.291. The van der Waals surface area contributed by atoms with Gasteiger partial charge in [-0.15, -0.1) is 0 Å². The molecule has 0 saturated carbocycles. The average Bonchev–Trinajstić information content (AvgIpc) is 2.14. The molecule has 0 heterocycles. The van der Waals surface area contributed by atoms with Gasteiger partial charge in [-0.25, -0.2) is 0 Å². The summed E-state index contributed by atoms with van der Waals surface area (Å²) in [7, 11) is 0. The maximum atomic E-state index is 10.7.